The Balaban J connectivity index is 1.77. The second kappa shape index (κ2) is 6.39. The molecule has 0 bridgehead atoms. The molecule has 0 spiro atoms. The molecule has 2 N–H and O–H groups in total. The molecule has 0 amide bonds. The highest BCUT2D eigenvalue weighted by atomic mass is 19.4. The zero-order valence-electron chi connectivity index (χ0n) is 14.0. The summed E-state index contributed by atoms with van der Waals surface area (Å²) in [6, 6.07) is 14.7. The third kappa shape index (κ3) is 3.33. The van der Waals surface area contributed by atoms with Crippen molar-refractivity contribution in [2.24, 2.45) is 0 Å². The summed E-state index contributed by atoms with van der Waals surface area (Å²) >= 11 is 0. The van der Waals surface area contributed by atoms with E-state index < -0.39 is 11.7 Å². The molecule has 0 saturated heterocycles. The Morgan fingerprint density at radius 2 is 1.63 bits per heavy atom. The summed E-state index contributed by atoms with van der Waals surface area (Å²) in [5.41, 5.74) is 7.91. The van der Waals surface area contributed by atoms with Crippen molar-refractivity contribution in [3.8, 4) is 0 Å². The van der Waals surface area contributed by atoms with Crippen LogP contribution < -0.4 is 5.73 Å². The number of rotatable bonds is 2. The molecular weight excluding hydrogens is 351 g/mol. The fourth-order valence-corrected chi connectivity index (χ4v) is 2.97. The molecule has 0 aliphatic heterocycles. The van der Waals surface area contributed by atoms with Gasteiger partial charge in [0.25, 0.3) is 0 Å². The van der Waals surface area contributed by atoms with Crippen LogP contribution in [0.3, 0.4) is 0 Å². The molecule has 27 heavy (non-hydrogen) atoms. The van der Waals surface area contributed by atoms with Gasteiger partial charge >= 0.3 is 6.18 Å². The minimum Gasteiger partial charge on any atom is -0.382 e. The summed E-state index contributed by atoms with van der Waals surface area (Å²) in [4.78, 5) is 8.73. The first kappa shape index (κ1) is 17.0. The van der Waals surface area contributed by atoms with Gasteiger partial charge in [-0.2, -0.15) is 13.2 Å². The number of anilines is 1. The lowest BCUT2D eigenvalue weighted by atomic mass is 10.1. The number of para-hydroxylation sites is 1. The maximum Gasteiger partial charge on any atom is 0.416 e. The molecule has 134 valence electrons. The van der Waals surface area contributed by atoms with Crippen LogP contribution in [0.2, 0.25) is 0 Å². The number of pyridine rings is 2. The summed E-state index contributed by atoms with van der Waals surface area (Å²) in [5, 5.41) is 1.77. The lowest BCUT2D eigenvalue weighted by molar-refractivity contribution is -0.137. The minimum absolute atomic E-state index is 0.345. The fourth-order valence-electron chi connectivity index (χ4n) is 2.97. The van der Waals surface area contributed by atoms with Crippen molar-refractivity contribution in [3.05, 3.63) is 77.5 Å². The summed E-state index contributed by atoms with van der Waals surface area (Å²) in [6.45, 7) is 0. The van der Waals surface area contributed by atoms with Gasteiger partial charge in [-0.15, -0.1) is 0 Å². The molecule has 0 unspecified atom stereocenters. The van der Waals surface area contributed by atoms with E-state index in [-0.39, 0.29) is 0 Å². The summed E-state index contributed by atoms with van der Waals surface area (Å²) < 4.78 is 38.5. The molecule has 2 aromatic carbocycles. The molecule has 3 nitrogen and oxygen atoms in total. The average Bonchev–Trinajstić information content (AvgIpc) is 2.66. The van der Waals surface area contributed by atoms with E-state index in [1.807, 2.05) is 30.3 Å². The lowest BCUT2D eigenvalue weighted by Crippen LogP contribution is -2.04. The van der Waals surface area contributed by atoms with Crippen molar-refractivity contribution in [2.45, 2.75) is 6.18 Å². The smallest absolute Gasteiger partial charge is 0.382 e. The lowest BCUT2D eigenvalue weighted by Gasteiger charge is -2.07. The van der Waals surface area contributed by atoms with Gasteiger partial charge in [0.15, 0.2) is 5.82 Å². The quantitative estimate of drug-likeness (QED) is 0.474. The van der Waals surface area contributed by atoms with E-state index in [2.05, 4.69) is 9.97 Å². The number of nitrogens with two attached hydrogens (primary N) is 1. The normalized spacial score (nSPS) is 12.3. The van der Waals surface area contributed by atoms with Crippen LogP contribution >= 0.6 is 0 Å². The number of alkyl halides is 3. The van der Waals surface area contributed by atoms with Crippen LogP contribution in [0, 0.1) is 0 Å². The van der Waals surface area contributed by atoms with Gasteiger partial charge in [0.05, 0.1) is 11.1 Å². The Labute approximate surface area is 153 Å². The fraction of sp³-hybridized carbons (Fsp3) is 0.0476. The molecule has 0 saturated carbocycles. The Hall–Kier alpha value is -3.41. The second-order valence-corrected chi connectivity index (χ2v) is 6.14. The highest BCUT2D eigenvalue weighted by molar-refractivity contribution is 6.08. The number of hydrogen-bond acceptors (Lipinski definition) is 3. The third-order valence-electron chi connectivity index (χ3n) is 4.27. The van der Waals surface area contributed by atoms with Crippen molar-refractivity contribution < 1.29 is 13.2 Å². The van der Waals surface area contributed by atoms with Crippen LogP contribution in [0.25, 0.3) is 34.0 Å². The number of aromatic nitrogens is 2. The van der Waals surface area contributed by atoms with E-state index in [1.54, 1.807) is 24.4 Å². The Morgan fingerprint density at radius 3 is 2.44 bits per heavy atom. The SMILES string of the molecule is Nc1nc2ccccc2c2cc(/C=C/c3cccc(C(F)(F)F)c3)cnc12. The first-order valence-electron chi connectivity index (χ1n) is 8.21. The van der Waals surface area contributed by atoms with Crippen LogP contribution in [-0.2, 0) is 6.18 Å². The van der Waals surface area contributed by atoms with Gasteiger partial charge in [-0.05, 0) is 35.4 Å². The minimum atomic E-state index is -4.36. The molecule has 0 aliphatic carbocycles. The van der Waals surface area contributed by atoms with E-state index in [0.29, 0.717) is 16.9 Å². The Bertz CT molecular complexity index is 1180. The van der Waals surface area contributed by atoms with E-state index in [0.717, 1.165) is 34.0 Å². The predicted molar refractivity (Wildman–Crippen MR) is 102 cm³/mol. The largest absolute Gasteiger partial charge is 0.416 e. The number of fused-ring (bicyclic) bond motifs is 3. The molecule has 6 heteroatoms. The van der Waals surface area contributed by atoms with E-state index in [1.165, 1.54) is 6.07 Å². The molecule has 2 aromatic heterocycles. The highest BCUT2D eigenvalue weighted by Gasteiger charge is 2.30. The van der Waals surface area contributed by atoms with Gasteiger partial charge in [0.2, 0.25) is 0 Å². The van der Waals surface area contributed by atoms with Gasteiger partial charge in [-0.3, -0.25) is 4.98 Å². The van der Waals surface area contributed by atoms with E-state index in [9.17, 15) is 13.2 Å². The van der Waals surface area contributed by atoms with Crippen molar-refractivity contribution in [1.82, 2.24) is 9.97 Å². The van der Waals surface area contributed by atoms with Crippen molar-refractivity contribution in [2.75, 3.05) is 5.73 Å². The maximum absolute atomic E-state index is 12.8. The van der Waals surface area contributed by atoms with Gasteiger partial charge in [-0.1, -0.05) is 42.5 Å². The number of nitrogens with zero attached hydrogens (tertiary/aromatic N) is 2. The monoisotopic (exact) mass is 365 g/mol. The topological polar surface area (TPSA) is 51.8 Å². The third-order valence-corrected chi connectivity index (χ3v) is 4.27. The predicted octanol–water partition coefficient (Wildman–Crippen LogP) is 5.55. The zero-order valence-corrected chi connectivity index (χ0v) is 14.0. The first-order chi connectivity index (χ1) is 12.9. The molecule has 2 heterocycles. The number of halogens is 3. The van der Waals surface area contributed by atoms with Gasteiger partial charge in [0.1, 0.15) is 5.52 Å². The van der Waals surface area contributed by atoms with Crippen LogP contribution in [0.1, 0.15) is 16.7 Å². The molecule has 4 rings (SSSR count). The highest BCUT2D eigenvalue weighted by Crippen LogP contribution is 2.30. The van der Waals surface area contributed by atoms with Crippen LogP contribution in [0.5, 0.6) is 0 Å². The zero-order chi connectivity index (χ0) is 19.0. The number of nitrogen functional groups attached to an aromatic ring is 1. The maximum atomic E-state index is 12.8. The Kier molecular flexibility index (Phi) is 4.03. The molecular formula is C21H14F3N3. The summed E-state index contributed by atoms with van der Waals surface area (Å²) in [7, 11) is 0. The van der Waals surface area contributed by atoms with Crippen molar-refractivity contribution >= 4 is 39.8 Å². The van der Waals surface area contributed by atoms with Crippen molar-refractivity contribution in [3.63, 3.8) is 0 Å². The van der Waals surface area contributed by atoms with Crippen LogP contribution in [0.15, 0.2) is 60.8 Å². The summed E-state index contributed by atoms with van der Waals surface area (Å²) in [5.74, 6) is 0.345. The van der Waals surface area contributed by atoms with Gasteiger partial charge in [-0.25, -0.2) is 4.98 Å². The van der Waals surface area contributed by atoms with Crippen LogP contribution in [-0.4, -0.2) is 9.97 Å². The van der Waals surface area contributed by atoms with Crippen LogP contribution in [0.4, 0.5) is 19.0 Å². The van der Waals surface area contributed by atoms with Crippen molar-refractivity contribution in [1.29, 1.82) is 0 Å². The number of benzene rings is 2. The molecule has 0 atom stereocenters. The van der Waals surface area contributed by atoms with E-state index in [4.69, 9.17) is 5.73 Å². The molecule has 0 fully saturated rings. The first-order valence-corrected chi connectivity index (χ1v) is 8.21. The second-order valence-electron chi connectivity index (χ2n) is 6.14. The van der Waals surface area contributed by atoms with E-state index >= 15 is 0 Å². The summed E-state index contributed by atoms with van der Waals surface area (Å²) in [6.07, 6.45) is 0.620. The van der Waals surface area contributed by atoms with Gasteiger partial charge < -0.3 is 5.73 Å². The Morgan fingerprint density at radius 1 is 0.852 bits per heavy atom. The molecule has 4 aromatic rings. The molecule has 0 radical (unpaired) electrons. The molecule has 0 aliphatic rings. The number of hydrogen-bond donors (Lipinski definition) is 1. The van der Waals surface area contributed by atoms with Gasteiger partial charge in [0, 0.05) is 17.0 Å². The standard InChI is InChI=1S/C21H14F3N3/c22-21(23,24)15-5-3-4-13(10-15)8-9-14-11-17-16-6-1-2-7-18(16)27-20(25)19(17)26-12-14/h1-12H,(H2,25,27)/b9-8+. The average molecular weight is 365 g/mol.